The summed E-state index contributed by atoms with van der Waals surface area (Å²) < 4.78 is 15.7. The lowest BCUT2D eigenvalue weighted by Gasteiger charge is -2.07. The number of benzene rings is 2. The van der Waals surface area contributed by atoms with Crippen molar-refractivity contribution in [3.05, 3.63) is 63.3 Å². The maximum atomic E-state index is 12.1. The lowest BCUT2D eigenvalue weighted by molar-refractivity contribution is -0.129. The Morgan fingerprint density at radius 3 is 2.56 bits per heavy atom. The molecule has 1 heterocycles. The monoisotopic (exact) mass is 377 g/mol. The van der Waals surface area contributed by atoms with Gasteiger partial charge in [0, 0.05) is 16.7 Å². The number of aliphatic imine (C=N–C) groups is 1. The van der Waals surface area contributed by atoms with Crippen LogP contribution < -0.4 is 9.47 Å². The zero-order chi connectivity index (χ0) is 18.0. The zero-order valence-corrected chi connectivity index (χ0v) is 14.9. The van der Waals surface area contributed by atoms with Gasteiger partial charge in [0.25, 0.3) is 0 Å². The van der Waals surface area contributed by atoms with E-state index in [2.05, 4.69) is 4.99 Å². The largest absolute Gasteiger partial charge is 0.497 e. The van der Waals surface area contributed by atoms with Crippen LogP contribution in [0.15, 0.2) is 47.1 Å². The van der Waals surface area contributed by atoms with Gasteiger partial charge < -0.3 is 14.2 Å². The van der Waals surface area contributed by atoms with Gasteiger partial charge in [-0.15, -0.1) is 0 Å². The van der Waals surface area contributed by atoms with E-state index >= 15 is 0 Å². The Morgan fingerprint density at radius 1 is 1.08 bits per heavy atom. The van der Waals surface area contributed by atoms with Gasteiger partial charge in [0.2, 0.25) is 5.90 Å². The van der Waals surface area contributed by atoms with Gasteiger partial charge in [-0.2, -0.15) is 0 Å². The Balaban J connectivity index is 1.99. The average molecular weight is 378 g/mol. The number of ether oxygens (including phenoxy) is 3. The number of cyclic esters (lactones) is 1. The molecule has 0 unspecified atom stereocenters. The van der Waals surface area contributed by atoms with Gasteiger partial charge in [0.15, 0.2) is 5.70 Å². The molecule has 2 aromatic carbocycles. The van der Waals surface area contributed by atoms with Crippen molar-refractivity contribution in [3.8, 4) is 11.5 Å². The Bertz CT molecular complexity index is 906. The van der Waals surface area contributed by atoms with Gasteiger partial charge >= 0.3 is 5.97 Å². The summed E-state index contributed by atoms with van der Waals surface area (Å²) in [7, 11) is 3.10. The Morgan fingerprint density at radius 2 is 1.88 bits per heavy atom. The van der Waals surface area contributed by atoms with E-state index < -0.39 is 5.97 Å². The lowest BCUT2D eigenvalue weighted by atomic mass is 10.1. The van der Waals surface area contributed by atoms with Crippen LogP contribution in [-0.2, 0) is 9.53 Å². The van der Waals surface area contributed by atoms with Gasteiger partial charge in [0.05, 0.1) is 24.8 Å². The van der Waals surface area contributed by atoms with Crippen LogP contribution in [0.25, 0.3) is 6.08 Å². The van der Waals surface area contributed by atoms with Crippen molar-refractivity contribution >= 4 is 41.1 Å². The second-order valence-electron chi connectivity index (χ2n) is 5.07. The number of carbonyl (C=O) groups excluding carboxylic acids is 1. The van der Waals surface area contributed by atoms with Crippen LogP contribution in [0.4, 0.5) is 0 Å². The molecule has 1 aliphatic rings. The molecule has 0 saturated carbocycles. The summed E-state index contributed by atoms with van der Waals surface area (Å²) in [4.78, 5) is 16.4. The first-order valence-corrected chi connectivity index (χ1v) is 7.97. The molecule has 0 bridgehead atoms. The van der Waals surface area contributed by atoms with E-state index in [4.69, 9.17) is 37.4 Å². The summed E-state index contributed by atoms with van der Waals surface area (Å²) in [6, 6.07) is 10.1. The smallest absolute Gasteiger partial charge is 0.363 e. The summed E-state index contributed by atoms with van der Waals surface area (Å²) in [6.45, 7) is 0. The van der Waals surface area contributed by atoms with E-state index in [1.54, 1.807) is 49.6 Å². The normalized spacial score (nSPS) is 15.1. The van der Waals surface area contributed by atoms with Crippen LogP contribution >= 0.6 is 23.2 Å². The van der Waals surface area contributed by atoms with Gasteiger partial charge in [-0.25, -0.2) is 9.79 Å². The molecule has 25 heavy (non-hydrogen) atoms. The number of esters is 1. The first kappa shape index (κ1) is 17.3. The molecule has 0 radical (unpaired) electrons. The summed E-state index contributed by atoms with van der Waals surface area (Å²) in [5.41, 5.74) is 1.30. The standard InChI is InChI=1S/C18H13Cl2NO4/c1-23-12-5-3-10(16(9-12)24-2)7-15-18(22)25-17(21-15)13-6-4-11(19)8-14(13)20/h3-9H,1-2H3/b15-7-. The average Bonchev–Trinajstić information content (AvgIpc) is 2.95. The first-order valence-electron chi connectivity index (χ1n) is 7.22. The molecule has 5 nitrogen and oxygen atoms in total. The maximum Gasteiger partial charge on any atom is 0.363 e. The lowest BCUT2D eigenvalue weighted by Crippen LogP contribution is -2.05. The third-order valence-electron chi connectivity index (χ3n) is 3.51. The molecule has 0 aromatic heterocycles. The number of nitrogens with zero attached hydrogens (tertiary/aromatic N) is 1. The molecular weight excluding hydrogens is 365 g/mol. The fraction of sp³-hybridized carbons (Fsp3) is 0.111. The molecule has 1 aliphatic heterocycles. The van der Waals surface area contributed by atoms with Crippen molar-refractivity contribution in [1.82, 2.24) is 0 Å². The first-order chi connectivity index (χ1) is 12.0. The number of hydrogen-bond donors (Lipinski definition) is 0. The summed E-state index contributed by atoms with van der Waals surface area (Å²) >= 11 is 12.0. The minimum absolute atomic E-state index is 0.130. The molecule has 0 N–H and O–H groups in total. The van der Waals surface area contributed by atoms with Gasteiger partial charge in [-0.3, -0.25) is 0 Å². The van der Waals surface area contributed by atoms with Crippen molar-refractivity contribution in [3.63, 3.8) is 0 Å². The van der Waals surface area contributed by atoms with Crippen molar-refractivity contribution in [2.45, 2.75) is 0 Å². The summed E-state index contributed by atoms with van der Waals surface area (Å²) in [5, 5.41) is 0.833. The quantitative estimate of drug-likeness (QED) is 0.586. The van der Waals surface area contributed by atoms with E-state index in [9.17, 15) is 4.79 Å². The highest BCUT2D eigenvalue weighted by Crippen LogP contribution is 2.29. The summed E-state index contributed by atoms with van der Waals surface area (Å²) in [6.07, 6.45) is 1.58. The fourth-order valence-electron chi connectivity index (χ4n) is 2.27. The minimum Gasteiger partial charge on any atom is -0.497 e. The number of carbonyl (C=O) groups is 1. The highest BCUT2D eigenvalue weighted by Gasteiger charge is 2.26. The predicted molar refractivity (Wildman–Crippen MR) is 96.6 cm³/mol. The van der Waals surface area contributed by atoms with Crippen molar-refractivity contribution in [2.24, 2.45) is 4.99 Å². The highest BCUT2D eigenvalue weighted by molar-refractivity contribution is 6.37. The third-order valence-corrected chi connectivity index (χ3v) is 4.06. The molecule has 128 valence electrons. The van der Waals surface area contributed by atoms with E-state index in [-0.39, 0.29) is 11.6 Å². The summed E-state index contributed by atoms with van der Waals surface area (Å²) in [5.74, 6) is 0.752. The van der Waals surface area contributed by atoms with Crippen LogP contribution in [0.3, 0.4) is 0 Å². The molecule has 0 amide bonds. The van der Waals surface area contributed by atoms with Gasteiger partial charge in [-0.05, 0) is 36.4 Å². The molecule has 7 heteroatoms. The van der Waals surface area contributed by atoms with E-state index in [0.29, 0.717) is 32.7 Å². The SMILES string of the molecule is COc1ccc(/C=C2\N=C(c3ccc(Cl)cc3Cl)OC2=O)c(OC)c1. The van der Waals surface area contributed by atoms with Crippen molar-refractivity contribution in [1.29, 1.82) is 0 Å². The highest BCUT2D eigenvalue weighted by atomic mass is 35.5. The minimum atomic E-state index is -0.570. The molecule has 0 spiro atoms. The molecule has 0 atom stereocenters. The molecular formula is C18H13Cl2NO4. The maximum absolute atomic E-state index is 12.1. The van der Waals surface area contributed by atoms with E-state index in [1.807, 2.05) is 0 Å². The third kappa shape index (κ3) is 3.62. The Hall–Kier alpha value is -2.50. The second-order valence-corrected chi connectivity index (χ2v) is 5.91. The number of hydrogen-bond acceptors (Lipinski definition) is 5. The Kier molecular flexibility index (Phi) is 4.97. The second kappa shape index (κ2) is 7.17. The number of methoxy groups -OCH3 is 2. The molecule has 3 rings (SSSR count). The Labute approximate surface area is 154 Å². The topological polar surface area (TPSA) is 57.1 Å². The van der Waals surface area contributed by atoms with Gasteiger partial charge in [0.1, 0.15) is 11.5 Å². The molecule has 0 saturated heterocycles. The van der Waals surface area contributed by atoms with Crippen LogP contribution in [0, 0.1) is 0 Å². The van der Waals surface area contributed by atoms with Gasteiger partial charge in [-0.1, -0.05) is 23.2 Å². The predicted octanol–water partition coefficient (Wildman–Crippen LogP) is 4.36. The number of rotatable bonds is 4. The fourth-order valence-corrected chi connectivity index (χ4v) is 2.76. The van der Waals surface area contributed by atoms with Crippen molar-refractivity contribution < 1.29 is 19.0 Å². The molecule has 2 aromatic rings. The van der Waals surface area contributed by atoms with Crippen LogP contribution in [0.5, 0.6) is 11.5 Å². The van der Waals surface area contributed by atoms with Crippen LogP contribution in [0.2, 0.25) is 10.0 Å². The molecule has 0 aliphatic carbocycles. The van der Waals surface area contributed by atoms with E-state index in [0.717, 1.165) is 0 Å². The number of halogens is 2. The van der Waals surface area contributed by atoms with Crippen LogP contribution in [-0.4, -0.2) is 26.1 Å². The zero-order valence-electron chi connectivity index (χ0n) is 13.4. The molecule has 0 fully saturated rings. The van der Waals surface area contributed by atoms with Crippen molar-refractivity contribution in [2.75, 3.05) is 14.2 Å². The van der Waals surface area contributed by atoms with Crippen LogP contribution in [0.1, 0.15) is 11.1 Å². The van der Waals surface area contributed by atoms with E-state index in [1.165, 1.54) is 7.11 Å².